The summed E-state index contributed by atoms with van der Waals surface area (Å²) in [6, 6.07) is 7.87. The van der Waals surface area contributed by atoms with E-state index in [0.29, 0.717) is 11.3 Å². The van der Waals surface area contributed by atoms with E-state index >= 15 is 0 Å². The van der Waals surface area contributed by atoms with Crippen LogP contribution in [-0.2, 0) is 4.79 Å². The molecule has 4 saturated carbocycles. The van der Waals surface area contributed by atoms with E-state index < -0.39 is 0 Å². The number of anilines is 1. The molecule has 0 unspecified atom stereocenters. The Labute approximate surface area is 168 Å². The number of piperazine rings is 1. The summed E-state index contributed by atoms with van der Waals surface area (Å²) in [7, 11) is 0. The van der Waals surface area contributed by atoms with Crippen LogP contribution in [0.4, 0.5) is 5.69 Å². The van der Waals surface area contributed by atoms with Gasteiger partial charge >= 0.3 is 0 Å². The Morgan fingerprint density at radius 3 is 1.93 bits per heavy atom. The van der Waals surface area contributed by atoms with E-state index in [0.717, 1.165) is 61.6 Å². The second-order valence-electron chi connectivity index (χ2n) is 10.1. The Bertz CT molecular complexity index is 726. The quantitative estimate of drug-likeness (QED) is 0.737. The number of rotatable bonds is 4. The third-order valence-corrected chi connectivity index (χ3v) is 7.96. The average Bonchev–Trinajstić information content (AvgIpc) is 2.67. The van der Waals surface area contributed by atoms with Gasteiger partial charge in [-0.2, -0.15) is 0 Å². The van der Waals surface area contributed by atoms with Gasteiger partial charge < -0.3 is 9.80 Å². The highest BCUT2D eigenvalue weighted by Gasteiger charge is 2.51. The first-order valence-electron chi connectivity index (χ1n) is 11.1. The molecule has 0 aromatic heterocycles. The minimum Gasteiger partial charge on any atom is -0.368 e. The first kappa shape index (κ1) is 18.2. The molecular weight excluding hydrogens is 348 g/mol. The van der Waals surface area contributed by atoms with Crippen molar-refractivity contribution in [2.45, 2.75) is 51.9 Å². The van der Waals surface area contributed by atoms with Gasteiger partial charge in [-0.05, 0) is 92.9 Å². The lowest BCUT2D eigenvalue weighted by atomic mass is 9.49. The molecule has 4 bridgehead atoms. The Hall–Kier alpha value is -1.84. The molecule has 4 heteroatoms. The fourth-order valence-electron chi connectivity index (χ4n) is 7.06. The summed E-state index contributed by atoms with van der Waals surface area (Å²) < 4.78 is 0. The van der Waals surface area contributed by atoms with Crippen molar-refractivity contribution >= 4 is 17.4 Å². The lowest BCUT2D eigenvalue weighted by Gasteiger charge is -2.57. The molecule has 1 aliphatic heterocycles. The summed E-state index contributed by atoms with van der Waals surface area (Å²) in [6.45, 7) is 5.00. The Balaban J connectivity index is 1.18. The largest absolute Gasteiger partial charge is 0.368 e. The Morgan fingerprint density at radius 2 is 1.43 bits per heavy atom. The van der Waals surface area contributed by atoms with Crippen LogP contribution in [-0.4, -0.2) is 42.8 Å². The van der Waals surface area contributed by atoms with Crippen LogP contribution in [0.15, 0.2) is 24.3 Å². The van der Waals surface area contributed by atoms with Crippen LogP contribution in [0.25, 0.3) is 0 Å². The van der Waals surface area contributed by atoms with Gasteiger partial charge in [0.25, 0.3) is 0 Å². The zero-order chi connectivity index (χ0) is 19.3. The molecule has 28 heavy (non-hydrogen) atoms. The highest BCUT2D eigenvalue weighted by Crippen LogP contribution is 2.61. The molecule has 0 radical (unpaired) electrons. The number of hydrogen-bond acceptors (Lipinski definition) is 3. The molecule has 1 aromatic rings. The van der Waals surface area contributed by atoms with Crippen molar-refractivity contribution in [3.8, 4) is 0 Å². The van der Waals surface area contributed by atoms with E-state index in [1.807, 2.05) is 24.3 Å². The van der Waals surface area contributed by atoms with E-state index in [1.165, 1.54) is 38.5 Å². The zero-order valence-corrected chi connectivity index (χ0v) is 17.0. The number of carbonyl (C=O) groups is 2. The van der Waals surface area contributed by atoms with Crippen LogP contribution >= 0.6 is 0 Å². The Kier molecular flexibility index (Phi) is 4.48. The topological polar surface area (TPSA) is 40.6 Å². The predicted molar refractivity (Wildman–Crippen MR) is 110 cm³/mol. The van der Waals surface area contributed by atoms with Gasteiger partial charge in [0.2, 0.25) is 5.91 Å². The van der Waals surface area contributed by atoms with Gasteiger partial charge in [-0.1, -0.05) is 0 Å². The summed E-state index contributed by atoms with van der Waals surface area (Å²) >= 11 is 0. The molecule has 1 heterocycles. The lowest BCUT2D eigenvalue weighted by molar-refractivity contribution is -0.139. The zero-order valence-electron chi connectivity index (χ0n) is 17.0. The van der Waals surface area contributed by atoms with E-state index in [9.17, 15) is 9.59 Å². The molecule has 5 fully saturated rings. The lowest BCUT2D eigenvalue weighted by Crippen LogP contribution is -2.52. The van der Waals surface area contributed by atoms with Crippen molar-refractivity contribution in [1.29, 1.82) is 0 Å². The maximum Gasteiger partial charge on any atom is 0.223 e. The first-order valence-corrected chi connectivity index (χ1v) is 11.1. The fraction of sp³-hybridized carbons (Fsp3) is 0.667. The van der Waals surface area contributed by atoms with Gasteiger partial charge in [0.05, 0.1) is 0 Å². The summed E-state index contributed by atoms with van der Waals surface area (Å²) in [5.74, 6) is 3.23. The van der Waals surface area contributed by atoms with Gasteiger partial charge in [0, 0.05) is 43.9 Å². The highest BCUT2D eigenvalue weighted by atomic mass is 16.2. The monoisotopic (exact) mass is 380 g/mol. The molecule has 4 aliphatic carbocycles. The van der Waals surface area contributed by atoms with Crippen molar-refractivity contribution in [3.63, 3.8) is 0 Å². The summed E-state index contributed by atoms with van der Waals surface area (Å²) in [6.07, 6.45) is 9.05. The first-order chi connectivity index (χ1) is 13.5. The molecular formula is C24H32N2O2. The van der Waals surface area contributed by atoms with Crippen molar-refractivity contribution in [1.82, 2.24) is 4.90 Å². The van der Waals surface area contributed by atoms with Crippen molar-refractivity contribution in [2.75, 3.05) is 31.1 Å². The van der Waals surface area contributed by atoms with Gasteiger partial charge in [0.15, 0.2) is 5.78 Å². The molecule has 1 aromatic carbocycles. The summed E-state index contributed by atoms with van der Waals surface area (Å²) in [5, 5.41) is 0. The van der Waals surface area contributed by atoms with Crippen LogP contribution in [0, 0.1) is 23.2 Å². The number of nitrogens with zero attached hydrogens (tertiary/aromatic N) is 2. The molecule has 4 nitrogen and oxygen atoms in total. The van der Waals surface area contributed by atoms with Gasteiger partial charge in [-0.15, -0.1) is 0 Å². The van der Waals surface area contributed by atoms with Crippen molar-refractivity contribution in [2.24, 2.45) is 23.2 Å². The second-order valence-corrected chi connectivity index (χ2v) is 10.1. The van der Waals surface area contributed by atoms with Crippen LogP contribution in [0.1, 0.15) is 62.2 Å². The standard InChI is InChI=1S/C24H32N2O2/c1-17(27)21-2-4-22(5-3-21)25-6-8-26(9-7-25)23(28)16-24-13-18-10-19(14-24)12-20(11-18)15-24/h2-5,18-20H,6-16H2,1H3. The van der Waals surface area contributed by atoms with Crippen LogP contribution < -0.4 is 4.90 Å². The number of hydrogen-bond donors (Lipinski definition) is 0. The molecule has 1 saturated heterocycles. The third kappa shape index (κ3) is 3.35. The molecule has 0 spiro atoms. The smallest absolute Gasteiger partial charge is 0.223 e. The maximum absolute atomic E-state index is 13.1. The van der Waals surface area contributed by atoms with E-state index in [1.54, 1.807) is 6.92 Å². The van der Waals surface area contributed by atoms with E-state index in [4.69, 9.17) is 0 Å². The minimum atomic E-state index is 0.103. The number of amides is 1. The molecule has 150 valence electrons. The maximum atomic E-state index is 13.1. The highest BCUT2D eigenvalue weighted by molar-refractivity contribution is 5.94. The van der Waals surface area contributed by atoms with Crippen LogP contribution in [0.5, 0.6) is 0 Å². The number of carbonyl (C=O) groups excluding carboxylic acids is 2. The summed E-state index contributed by atoms with van der Waals surface area (Å²) in [5.41, 5.74) is 2.25. The van der Waals surface area contributed by atoms with Gasteiger partial charge in [-0.3, -0.25) is 9.59 Å². The van der Waals surface area contributed by atoms with Gasteiger partial charge in [-0.25, -0.2) is 0 Å². The van der Waals surface area contributed by atoms with Crippen molar-refractivity contribution in [3.05, 3.63) is 29.8 Å². The second kappa shape index (κ2) is 6.89. The Morgan fingerprint density at radius 1 is 0.893 bits per heavy atom. The fourth-order valence-corrected chi connectivity index (χ4v) is 7.06. The number of benzene rings is 1. The molecule has 1 amide bonds. The summed E-state index contributed by atoms with van der Waals surface area (Å²) in [4.78, 5) is 29.0. The third-order valence-electron chi connectivity index (χ3n) is 7.96. The average molecular weight is 381 g/mol. The molecule has 0 N–H and O–H groups in total. The number of Topliss-reactive ketones (excluding diaryl/α,β-unsaturated/α-hetero) is 1. The normalized spacial score (nSPS) is 34.0. The minimum absolute atomic E-state index is 0.103. The molecule has 0 atom stereocenters. The van der Waals surface area contributed by atoms with E-state index in [2.05, 4.69) is 9.80 Å². The SMILES string of the molecule is CC(=O)c1ccc(N2CCN(C(=O)CC34CC5CC(CC(C5)C3)C4)CC2)cc1. The molecule has 5 aliphatic rings. The van der Waals surface area contributed by atoms with E-state index in [-0.39, 0.29) is 5.78 Å². The number of ketones is 1. The van der Waals surface area contributed by atoms with Crippen molar-refractivity contribution < 1.29 is 9.59 Å². The van der Waals surface area contributed by atoms with Crippen LogP contribution in [0.3, 0.4) is 0 Å². The van der Waals surface area contributed by atoms with Gasteiger partial charge in [0.1, 0.15) is 0 Å². The predicted octanol–water partition coefficient (Wildman–Crippen LogP) is 4.14. The molecule has 6 rings (SSSR count). The van der Waals surface area contributed by atoms with Crippen LogP contribution in [0.2, 0.25) is 0 Å².